The van der Waals surface area contributed by atoms with Crippen molar-refractivity contribution in [3.63, 3.8) is 0 Å². The van der Waals surface area contributed by atoms with E-state index in [-0.39, 0.29) is 35.5 Å². The topological polar surface area (TPSA) is 97.0 Å². The van der Waals surface area contributed by atoms with Gasteiger partial charge in [-0.25, -0.2) is 10.3 Å². The summed E-state index contributed by atoms with van der Waals surface area (Å²) in [6.45, 7) is 12.6. The van der Waals surface area contributed by atoms with Crippen LogP contribution in [-0.4, -0.2) is 42.2 Å². The quantitative estimate of drug-likeness (QED) is 0.346. The number of nitrogens with zero attached hydrogens (tertiary/aromatic N) is 1. The maximum absolute atomic E-state index is 13.7. The van der Waals surface area contributed by atoms with Crippen molar-refractivity contribution in [1.29, 1.82) is 0 Å². The number of hydroxylamine groups is 1. The van der Waals surface area contributed by atoms with Crippen LogP contribution in [0.1, 0.15) is 79.2 Å². The number of rotatable bonds is 13. The van der Waals surface area contributed by atoms with Crippen molar-refractivity contribution in [2.24, 2.45) is 29.6 Å². The molecule has 0 saturated carbocycles. The van der Waals surface area contributed by atoms with Crippen molar-refractivity contribution >= 4 is 23.8 Å². The maximum Gasteiger partial charge on any atom is 0.247 e. The number of nitrogens with one attached hydrogen (secondary N) is 2. The SMILES string of the molecule is CC(C)C[C@@H](C(=O)NN(CC(C)C)C(=O)C(C)C)[C@H](C/C=C/c1ccccc1)C(=O)NOC1CCCCO1. The van der Waals surface area contributed by atoms with Gasteiger partial charge in [-0.05, 0) is 43.1 Å². The lowest BCUT2D eigenvalue weighted by Crippen LogP contribution is -2.53. The molecule has 212 valence electrons. The van der Waals surface area contributed by atoms with Gasteiger partial charge in [-0.1, -0.05) is 84.0 Å². The molecule has 1 saturated heterocycles. The number of allylic oxidation sites excluding steroid dienone is 1. The monoisotopic (exact) mass is 529 g/mol. The molecule has 0 aromatic heterocycles. The second kappa shape index (κ2) is 16.3. The lowest BCUT2D eigenvalue weighted by molar-refractivity contribution is -0.203. The number of ether oxygens (including phenoxy) is 1. The van der Waals surface area contributed by atoms with Gasteiger partial charge in [-0.3, -0.25) is 24.8 Å². The van der Waals surface area contributed by atoms with E-state index in [1.807, 2.05) is 84.0 Å². The van der Waals surface area contributed by atoms with Crippen molar-refractivity contribution in [2.75, 3.05) is 13.2 Å². The normalized spacial score (nSPS) is 17.6. The number of carbonyl (C=O) groups excluding carboxylic acids is 3. The van der Waals surface area contributed by atoms with Crippen LogP contribution in [0.25, 0.3) is 6.08 Å². The first-order valence-corrected chi connectivity index (χ1v) is 14.0. The maximum atomic E-state index is 13.7. The Morgan fingerprint density at radius 2 is 1.71 bits per heavy atom. The van der Waals surface area contributed by atoms with E-state index in [2.05, 4.69) is 10.9 Å². The molecule has 2 N–H and O–H groups in total. The Kier molecular flexibility index (Phi) is 13.5. The van der Waals surface area contributed by atoms with E-state index < -0.39 is 18.1 Å². The Bertz CT molecular complexity index is 894. The highest BCUT2D eigenvalue weighted by molar-refractivity contribution is 5.89. The number of hydrazine groups is 1. The van der Waals surface area contributed by atoms with E-state index in [0.29, 0.717) is 32.4 Å². The highest BCUT2D eigenvalue weighted by Gasteiger charge is 2.36. The van der Waals surface area contributed by atoms with Crippen LogP contribution < -0.4 is 10.9 Å². The van der Waals surface area contributed by atoms with Crippen molar-refractivity contribution in [1.82, 2.24) is 15.9 Å². The molecular weight excluding hydrogens is 482 g/mol. The first-order valence-electron chi connectivity index (χ1n) is 14.0. The molecule has 1 aliphatic rings. The molecule has 3 atom stereocenters. The third-order valence-electron chi connectivity index (χ3n) is 6.37. The standard InChI is InChI=1S/C30H47N3O5/c1-21(2)19-26(28(34)31-33(20-22(3)4)30(36)23(5)6)25(16-12-15-24-13-8-7-9-14-24)29(35)32-38-27-17-10-11-18-37-27/h7-9,12-15,21-23,25-27H,10-11,16-20H2,1-6H3,(H,31,34)(H,32,35)/b15-12+/t25-,26+,27?/m0/s1. The van der Waals surface area contributed by atoms with Gasteiger partial charge in [0.2, 0.25) is 17.7 Å². The Balaban J connectivity index is 2.28. The fourth-order valence-corrected chi connectivity index (χ4v) is 4.42. The molecule has 1 aromatic carbocycles. The van der Waals surface area contributed by atoms with Crippen LogP contribution >= 0.6 is 0 Å². The molecular formula is C30H47N3O5. The summed E-state index contributed by atoms with van der Waals surface area (Å²) in [5.41, 5.74) is 6.45. The van der Waals surface area contributed by atoms with Gasteiger partial charge in [0.1, 0.15) is 0 Å². The average Bonchev–Trinajstić information content (AvgIpc) is 2.88. The smallest absolute Gasteiger partial charge is 0.247 e. The molecule has 8 heteroatoms. The fourth-order valence-electron chi connectivity index (χ4n) is 4.42. The third-order valence-corrected chi connectivity index (χ3v) is 6.37. The van der Waals surface area contributed by atoms with Crippen LogP contribution in [0.15, 0.2) is 36.4 Å². The molecule has 1 fully saturated rings. The molecule has 8 nitrogen and oxygen atoms in total. The van der Waals surface area contributed by atoms with E-state index in [1.54, 1.807) is 0 Å². The van der Waals surface area contributed by atoms with E-state index in [9.17, 15) is 14.4 Å². The number of hydrogen-bond donors (Lipinski definition) is 2. The number of hydrogen-bond acceptors (Lipinski definition) is 5. The third kappa shape index (κ3) is 11.0. The summed E-state index contributed by atoms with van der Waals surface area (Å²) in [6.07, 6.45) is 6.84. The molecule has 1 aromatic rings. The van der Waals surface area contributed by atoms with Crippen LogP contribution in [-0.2, 0) is 24.0 Å². The molecule has 0 radical (unpaired) electrons. The summed E-state index contributed by atoms with van der Waals surface area (Å²) in [5.74, 6) is -2.18. The second-order valence-electron chi connectivity index (χ2n) is 11.2. The minimum atomic E-state index is -0.698. The average molecular weight is 530 g/mol. The van der Waals surface area contributed by atoms with Gasteiger partial charge in [0.05, 0.1) is 11.8 Å². The van der Waals surface area contributed by atoms with E-state index >= 15 is 0 Å². The summed E-state index contributed by atoms with van der Waals surface area (Å²) in [5, 5.41) is 1.41. The lowest BCUT2D eigenvalue weighted by atomic mass is 9.82. The van der Waals surface area contributed by atoms with Gasteiger partial charge >= 0.3 is 0 Å². The van der Waals surface area contributed by atoms with E-state index in [1.165, 1.54) is 5.01 Å². The van der Waals surface area contributed by atoms with E-state index in [4.69, 9.17) is 9.57 Å². The van der Waals surface area contributed by atoms with Gasteiger partial charge in [0.15, 0.2) is 6.29 Å². The summed E-state index contributed by atoms with van der Waals surface area (Å²) in [7, 11) is 0. The predicted octanol–water partition coefficient (Wildman–Crippen LogP) is 5.11. The largest absolute Gasteiger partial charge is 0.350 e. The zero-order valence-corrected chi connectivity index (χ0v) is 23.9. The minimum Gasteiger partial charge on any atom is -0.350 e. The van der Waals surface area contributed by atoms with Crippen LogP contribution in [0.3, 0.4) is 0 Å². The molecule has 2 rings (SSSR count). The Morgan fingerprint density at radius 3 is 2.29 bits per heavy atom. The first kappa shape index (κ1) is 31.5. The first-order chi connectivity index (χ1) is 18.1. The number of amides is 3. The van der Waals surface area contributed by atoms with Gasteiger partial charge in [0, 0.05) is 25.5 Å². The highest BCUT2D eigenvalue weighted by atomic mass is 16.8. The molecule has 0 aliphatic carbocycles. The second-order valence-corrected chi connectivity index (χ2v) is 11.2. The zero-order valence-electron chi connectivity index (χ0n) is 23.9. The van der Waals surface area contributed by atoms with Crippen molar-refractivity contribution in [3.8, 4) is 0 Å². The number of benzene rings is 1. The minimum absolute atomic E-state index is 0.154. The molecule has 1 aliphatic heterocycles. The van der Waals surface area contributed by atoms with Crippen molar-refractivity contribution in [2.45, 2.75) is 79.9 Å². The summed E-state index contributed by atoms with van der Waals surface area (Å²) in [6, 6.07) is 9.81. The Hall–Kier alpha value is -2.71. The van der Waals surface area contributed by atoms with Crippen LogP contribution in [0.2, 0.25) is 0 Å². The van der Waals surface area contributed by atoms with Gasteiger partial charge in [0.25, 0.3) is 0 Å². The lowest BCUT2D eigenvalue weighted by Gasteiger charge is -2.32. The highest BCUT2D eigenvalue weighted by Crippen LogP contribution is 2.26. The van der Waals surface area contributed by atoms with Crippen LogP contribution in [0, 0.1) is 29.6 Å². The van der Waals surface area contributed by atoms with Crippen LogP contribution in [0.4, 0.5) is 0 Å². The van der Waals surface area contributed by atoms with Gasteiger partial charge in [-0.15, -0.1) is 0 Å². The van der Waals surface area contributed by atoms with E-state index in [0.717, 1.165) is 18.4 Å². The molecule has 0 spiro atoms. The number of carbonyl (C=O) groups is 3. The fraction of sp³-hybridized carbons (Fsp3) is 0.633. The molecule has 0 bridgehead atoms. The summed E-state index contributed by atoms with van der Waals surface area (Å²) >= 11 is 0. The summed E-state index contributed by atoms with van der Waals surface area (Å²) in [4.78, 5) is 45.6. The van der Waals surface area contributed by atoms with Gasteiger partial charge < -0.3 is 4.74 Å². The van der Waals surface area contributed by atoms with Crippen molar-refractivity contribution < 1.29 is 24.0 Å². The molecule has 1 unspecified atom stereocenters. The van der Waals surface area contributed by atoms with Crippen LogP contribution in [0.5, 0.6) is 0 Å². The zero-order chi connectivity index (χ0) is 28.1. The molecule has 38 heavy (non-hydrogen) atoms. The van der Waals surface area contributed by atoms with Gasteiger partial charge in [-0.2, -0.15) is 0 Å². The predicted molar refractivity (Wildman–Crippen MR) is 149 cm³/mol. The van der Waals surface area contributed by atoms with Crippen molar-refractivity contribution in [3.05, 3.63) is 42.0 Å². The Labute approximate surface area is 228 Å². The molecule has 1 heterocycles. The molecule has 3 amide bonds. The summed E-state index contributed by atoms with van der Waals surface area (Å²) < 4.78 is 5.58. The Morgan fingerprint density at radius 1 is 1.00 bits per heavy atom.